The molecule has 0 bridgehead atoms. The van der Waals surface area contributed by atoms with Crippen LogP contribution in [0.5, 0.6) is 5.75 Å². The van der Waals surface area contributed by atoms with Crippen molar-refractivity contribution in [1.82, 2.24) is 5.32 Å². The van der Waals surface area contributed by atoms with E-state index in [2.05, 4.69) is 5.32 Å². The molecule has 76 valence electrons. The number of halogens is 1. The van der Waals surface area contributed by atoms with Crippen LogP contribution in [0.15, 0.2) is 18.2 Å². The summed E-state index contributed by atoms with van der Waals surface area (Å²) in [4.78, 5) is 0. The van der Waals surface area contributed by atoms with E-state index in [1.165, 1.54) is 6.07 Å². The van der Waals surface area contributed by atoms with E-state index in [-0.39, 0.29) is 5.82 Å². The van der Waals surface area contributed by atoms with Crippen LogP contribution in [0.1, 0.15) is 5.56 Å². The van der Waals surface area contributed by atoms with Crippen LogP contribution in [0.4, 0.5) is 4.39 Å². The van der Waals surface area contributed by atoms with Crippen molar-refractivity contribution in [3.8, 4) is 5.75 Å². The van der Waals surface area contributed by atoms with Gasteiger partial charge < -0.3 is 10.1 Å². The van der Waals surface area contributed by atoms with Crippen LogP contribution < -0.4 is 10.1 Å². The van der Waals surface area contributed by atoms with Gasteiger partial charge in [-0.2, -0.15) is 0 Å². The summed E-state index contributed by atoms with van der Waals surface area (Å²) in [5, 5.41) is 3.15. The van der Waals surface area contributed by atoms with Crippen LogP contribution in [0.2, 0.25) is 0 Å². The number of ether oxygens (including phenoxy) is 1. The van der Waals surface area contributed by atoms with E-state index in [4.69, 9.17) is 4.74 Å². The first-order chi connectivity index (χ1) is 6.75. The Balaban J connectivity index is 1.96. The van der Waals surface area contributed by atoms with Gasteiger partial charge >= 0.3 is 0 Å². The second-order valence-corrected chi connectivity index (χ2v) is 3.77. The van der Waals surface area contributed by atoms with Gasteiger partial charge in [0, 0.05) is 19.0 Å². The van der Waals surface area contributed by atoms with Gasteiger partial charge in [0.05, 0.1) is 6.61 Å². The first kappa shape index (κ1) is 9.46. The molecule has 0 spiro atoms. The molecule has 0 atom stereocenters. The van der Waals surface area contributed by atoms with Crippen LogP contribution in [0.25, 0.3) is 0 Å². The highest BCUT2D eigenvalue weighted by Gasteiger charge is 2.17. The van der Waals surface area contributed by atoms with Gasteiger partial charge in [0.1, 0.15) is 0 Å². The van der Waals surface area contributed by atoms with Crippen molar-refractivity contribution in [3.63, 3.8) is 0 Å². The van der Waals surface area contributed by atoms with Crippen LogP contribution in [-0.2, 0) is 0 Å². The minimum Gasteiger partial charge on any atom is -0.490 e. The lowest BCUT2D eigenvalue weighted by atomic mass is 10.1. The first-order valence-electron chi connectivity index (χ1n) is 4.85. The van der Waals surface area contributed by atoms with Gasteiger partial charge in [-0.1, -0.05) is 6.07 Å². The number of aryl methyl sites for hydroxylation is 1. The third-order valence-electron chi connectivity index (χ3n) is 2.43. The van der Waals surface area contributed by atoms with E-state index in [0.717, 1.165) is 18.7 Å². The van der Waals surface area contributed by atoms with Crippen LogP contribution in [0, 0.1) is 18.7 Å². The second-order valence-electron chi connectivity index (χ2n) is 3.77. The van der Waals surface area contributed by atoms with Gasteiger partial charge in [-0.25, -0.2) is 4.39 Å². The SMILES string of the molecule is Cc1ccc(F)c(OCC2CNC2)c1. The van der Waals surface area contributed by atoms with E-state index < -0.39 is 0 Å². The second kappa shape index (κ2) is 3.96. The number of nitrogens with one attached hydrogen (secondary N) is 1. The maximum atomic E-state index is 13.2. The highest BCUT2D eigenvalue weighted by molar-refractivity contribution is 5.29. The lowest BCUT2D eigenvalue weighted by Crippen LogP contribution is -2.45. The fourth-order valence-electron chi connectivity index (χ4n) is 1.40. The van der Waals surface area contributed by atoms with Gasteiger partial charge in [0.25, 0.3) is 0 Å². The van der Waals surface area contributed by atoms with Crippen molar-refractivity contribution >= 4 is 0 Å². The predicted octanol–water partition coefficient (Wildman–Crippen LogP) is 1.73. The lowest BCUT2D eigenvalue weighted by molar-refractivity contribution is 0.193. The fraction of sp³-hybridized carbons (Fsp3) is 0.455. The summed E-state index contributed by atoms with van der Waals surface area (Å²) in [6, 6.07) is 4.93. The zero-order valence-electron chi connectivity index (χ0n) is 8.22. The van der Waals surface area contributed by atoms with Crippen molar-refractivity contribution in [2.24, 2.45) is 5.92 Å². The lowest BCUT2D eigenvalue weighted by Gasteiger charge is -2.26. The zero-order valence-corrected chi connectivity index (χ0v) is 8.22. The minimum atomic E-state index is -0.275. The quantitative estimate of drug-likeness (QED) is 0.793. The molecule has 1 fully saturated rings. The van der Waals surface area contributed by atoms with Crippen molar-refractivity contribution in [1.29, 1.82) is 0 Å². The molecule has 2 nitrogen and oxygen atoms in total. The van der Waals surface area contributed by atoms with Crippen molar-refractivity contribution in [2.45, 2.75) is 6.92 Å². The Hall–Kier alpha value is -1.09. The Morgan fingerprint density at radius 1 is 1.50 bits per heavy atom. The highest BCUT2D eigenvalue weighted by atomic mass is 19.1. The highest BCUT2D eigenvalue weighted by Crippen LogP contribution is 2.19. The van der Waals surface area contributed by atoms with Crippen molar-refractivity contribution in [3.05, 3.63) is 29.6 Å². The van der Waals surface area contributed by atoms with Crippen LogP contribution >= 0.6 is 0 Å². The Morgan fingerprint density at radius 3 is 2.93 bits per heavy atom. The van der Waals surface area contributed by atoms with Gasteiger partial charge in [-0.05, 0) is 24.6 Å². The molecule has 14 heavy (non-hydrogen) atoms. The molecule has 1 aliphatic rings. The summed E-state index contributed by atoms with van der Waals surface area (Å²) in [7, 11) is 0. The molecule has 0 saturated carbocycles. The molecule has 1 saturated heterocycles. The summed E-state index contributed by atoms with van der Waals surface area (Å²) < 4.78 is 18.6. The Labute approximate surface area is 83.1 Å². The van der Waals surface area contributed by atoms with Crippen LogP contribution in [-0.4, -0.2) is 19.7 Å². The fourth-order valence-corrected chi connectivity index (χ4v) is 1.40. The molecule has 0 aliphatic carbocycles. The van der Waals surface area contributed by atoms with E-state index in [1.807, 2.05) is 6.92 Å². The number of rotatable bonds is 3. The van der Waals surface area contributed by atoms with Crippen molar-refractivity contribution < 1.29 is 9.13 Å². The molecule has 1 aliphatic heterocycles. The average molecular weight is 195 g/mol. The number of benzene rings is 1. The van der Waals surface area contributed by atoms with Gasteiger partial charge in [-0.3, -0.25) is 0 Å². The molecule has 0 radical (unpaired) electrons. The summed E-state index contributed by atoms with van der Waals surface area (Å²) in [5.74, 6) is 0.634. The summed E-state index contributed by atoms with van der Waals surface area (Å²) in [6.07, 6.45) is 0. The van der Waals surface area contributed by atoms with Gasteiger partial charge in [-0.15, -0.1) is 0 Å². The Kier molecular flexibility index (Phi) is 2.68. The summed E-state index contributed by atoms with van der Waals surface area (Å²) >= 11 is 0. The van der Waals surface area contributed by atoms with Crippen molar-refractivity contribution in [2.75, 3.05) is 19.7 Å². The molecular weight excluding hydrogens is 181 g/mol. The molecule has 1 aromatic carbocycles. The standard InChI is InChI=1S/C11H14FNO/c1-8-2-3-10(12)11(4-8)14-7-9-5-13-6-9/h2-4,9,13H,5-7H2,1H3. The van der Waals surface area contributed by atoms with E-state index in [9.17, 15) is 4.39 Å². The molecule has 0 amide bonds. The molecule has 2 rings (SSSR count). The van der Waals surface area contributed by atoms with E-state index in [1.54, 1.807) is 12.1 Å². The third-order valence-corrected chi connectivity index (χ3v) is 2.43. The van der Waals surface area contributed by atoms with Gasteiger partial charge in [0.15, 0.2) is 11.6 Å². The molecule has 3 heteroatoms. The smallest absolute Gasteiger partial charge is 0.165 e. The van der Waals surface area contributed by atoms with E-state index in [0.29, 0.717) is 18.3 Å². The Morgan fingerprint density at radius 2 is 2.29 bits per heavy atom. The maximum Gasteiger partial charge on any atom is 0.165 e. The largest absolute Gasteiger partial charge is 0.490 e. The number of hydrogen-bond donors (Lipinski definition) is 1. The minimum absolute atomic E-state index is 0.275. The normalized spacial score (nSPS) is 16.4. The average Bonchev–Trinajstić information content (AvgIpc) is 2.08. The molecule has 1 N–H and O–H groups in total. The molecule has 0 aromatic heterocycles. The first-order valence-corrected chi connectivity index (χ1v) is 4.85. The molecular formula is C11H14FNO. The Bertz CT molecular complexity index is 323. The van der Waals surface area contributed by atoms with Gasteiger partial charge in [0.2, 0.25) is 0 Å². The maximum absolute atomic E-state index is 13.2. The monoisotopic (exact) mass is 195 g/mol. The summed E-state index contributed by atoms with van der Waals surface area (Å²) in [5.41, 5.74) is 1.02. The number of hydrogen-bond acceptors (Lipinski definition) is 2. The summed E-state index contributed by atoms with van der Waals surface area (Å²) in [6.45, 7) is 4.49. The third kappa shape index (κ3) is 2.04. The topological polar surface area (TPSA) is 21.3 Å². The predicted molar refractivity (Wildman–Crippen MR) is 53.0 cm³/mol. The zero-order chi connectivity index (χ0) is 9.97. The molecule has 0 unspecified atom stereocenters. The van der Waals surface area contributed by atoms with Crippen LogP contribution in [0.3, 0.4) is 0 Å². The molecule has 1 aromatic rings. The van der Waals surface area contributed by atoms with E-state index >= 15 is 0 Å². The molecule has 1 heterocycles.